The Hall–Kier alpha value is -2.34. The van der Waals surface area contributed by atoms with Crippen molar-refractivity contribution in [3.8, 4) is 16.2 Å². The molecule has 5 nitrogen and oxygen atoms in total. The third-order valence-electron chi connectivity index (χ3n) is 5.91. The van der Waals surface area contributed by atoms with Crippen molar-refractivity contribution in [1.82, 2.24) is 5.32 Å². The maximum atomic E-state index is 12.5. The van der Waals surface area contributed by atoms with Crippen LogP contribution in [0.15, 0.2) is 30.3 Å². The van der Waals surface area contributed by atoms with Crippen molar-refractivity contribution < 1.29 is 19.1 Å². The summed E-state index contributed by atoms with van der Waals surface area (Å²) in [5.41, 5.74) is 1.97. The minimum Gasteiger partial charge on any atom is -0.488 e. The lowest BCUT2D eigenvalue weighted by Gasteiger charge is -2.34. The first kappa shape index (κ1) is 19.0. The van der Waals surface area contributed by atoms with Crippen molar-refractivity contribution in [2.24, 2.45) is 11.8 Å². The molecule has 0 saturated heterocycles. The van der Waals surface area contributed by atoms with Crippen LogP contribution < -0.4 is 10.1 Å². The Bertz CT molecular complexity index is 890. The topological polar surface area (TPSA) is 64.6 Å². The second-order valence-corrected chi connectivity index (χ2v) is 8.82. The van der Waals surface area contributed by atoms with E-state index in [1.54, 1.807) is 6.07 Å². The van der Waals surface area contributed by atoms with Gasteiger partial charge in [-0.15, -0.1) is 11.3 Å². The van der Waals surface area contributed by atoms with Crippen molar-refractivity contribution in [1.29, 1.82) is 0 Å². The summed E-state index contributed by atoms with van der Waals surface area (Å²) in [4.78, 5) is 26.2. The van der Waals surface area contributed by atoms with E-state index in [1.807, 2.05) is 24.3 Å². The van der Waals surface area contributed by atoms with Gasteiger partial charge in [0.05, 0.1) is 0 Å². The standard InChI is InChI=1S/C22H25NO4S/c1-13-6-5-8-17(14(13)2)23-20(24)12-27-22(25)19-10-15-11-26-18-9-4-3-7-16(18)21(15)28-19/h3-4,7,9-10,13-14,17H,5-6,8,11-12H2,1-2H3,(H,23,24)/t13-,14-,17-/m1/s1. The lowest BCUT2D eigenvalue weighted by atomic mass is 9.78. The lowest BCUT2D eigenvalue weighted by molar-refractivity contribution is -0.125. The van der Waals surface area contributed by atoms with Crippen LogP contribution in [0.1, 0.15) is 48.3 Å². The van der Waals surface area contributed by atoms with Crippen LogP contribution >= 0.6 is 11.3 Å². The molecule has 2 aromatic rings. The van der Waals surface area contributed by atoms with Crippen molar-refractivity contribution in [2.75, 3.05) is 6.61 Å². The third-order valence-corrected chi connectivity index (χ3v) is 7.10. The molecular weight excluding hydrogens is 374 g/mol. The van der Waals surface area contributed by atoms with Crippen LogP contribution in [0.5, 0.6) is 5.75 Å². The van der Waals surface area contributed by atoms with Crippen molar-refractivity contribution in [2.45, 2.75) is 45.8 Å². The van der Waals surface area contributed by atoms with Gasteiger partial charge in [-0.25, -0.2) is 4.79 Å². The van der Waals surface area contributed by atoms with Gasteiger partial charge < -0.3 is 14.8 Å². The molecular formula is C22H25NO4S. The van der Waals surface area contributed by atoms with Gasteiger partial charge in [0.15, 0.2) is 6.61 Å². The van der Waals surface area contributed by atoms with Gasteiger partial charge >= 0.3 is 5.97 Å². The molecule has 1 saturated carbocycles. The molecule has 3 atom stereocenters. The molecule has 0 unspecified atom stereocenters. The highest BCUT2D eigenvalue weighted by molar-refractivity contribution is 7.17. The molecule has 1 aromatic heterocycles. The van der Waals surface area contributed by atoms with Crippen molar-refractivity contribution >= 4 is 23.2 Å². The molecule has 28 heavy (non-hydrogen) atoms. The maximum Gasteiger partial charge on any atom is 0.348 e. The van der Waals surface area contributed by atoms with Gasteiger partial charge in [0.2, 0.25) is 0 Å². The summed E-state index contributed by atoms with van der Waals surface area (Å²) >= 11 is 1.39. The van der Waals surface area contributed by atoms with E-state index in [1.165, 1.54) is 17.8 Å². The highest BCUT2D eigenvalue weighted by atomic mass is 32.1. The van der Waals surface area contributed by atoms with Crippen LogP contribution in [0.25, 0.3) is 10.4 Å². The Morgan fingerprint density at radius 2 is 2.07 bits per heavy atom. The lowest BCUT2D eigenvalue weighted by Crippen LogP contribution is -2.45. The number of para-hydroxylation sites is 1. The zero-order chi connectivity index (χ0) is 19.7. The van der Waals surface area contributed by atoms with E-state index in [4.69, 9.17) is 9.47 Å². The highest BCUT2D eigenvalue weighted by Crippen LogP contribution is 2.42. The number of rotatable bonds is 4. The summed E-state index contributed by atoms with van der Waals surface area (Å²) in [6, 6.07) is 9.76. The third kappa shape index (κ3) is 3.78. The fourth-order valence-corrected chi connectivity index (χ4v) is 5.13. The number of hydrogen-bond acceptors (Lipinski definition) is 5. The zero-order valence-electron chi connectivity index (χ0n) is 16.2. The number of benzene rings is 1. The highest BCUT2D eigenvalue weighted by Gasteiger charge is 2.28. The number of fused-ring (bicyclic) bond motifs is 3. The molecule has 2 aliphatic rings. The summed E-state index contributed by atoms with van der Waals surface area (Å²) < 4.78 is 11.0. The largest absolute Gasteiger partial charge is 0.488 e. The van der Waals surface area contributed by atoms with E-state index in [-0.39, 0.29) is 18.6 Å². The molecule has 148 valence electrons. The van der Waals surface area contributed by atoms with Crippen LogP contribution in [0.3, 0.4) is 0 Å². The van der Waals surface area contributed by atoms with Gasteiger partial charge in [0, 0.05) is 22.0 Å². The summed E-state index contributed by atoms with van der Waals surface area (Å²) in [7, 11) is 0. The molecule has 6 heteroatoms. The number of thiophene rings is 1. The number of hydrogen-bond donors (Lipinski definition) is 1. The van der Waals surface area contributed by atoms with E-state index in [2.05, 4.69) is 19.2 Å². The molecule has 1 amide bonds. The monoisotopic (exact) mass is 399 g/mol. The first-order valence-corrected chi connectivity index (χ1v) is 10.7. The van der Waals surface area contributed by atoms with E-state index in [9.17, 15) is 9.59 Å². The van der Waals surface area contributed by atoms with Crippen LogP contribution in [0.2, 0.25) is 0 Å². The van der Waals surface area contributed by atoms with Crippen molar-refractivity contribution in [3.63, 3.8) is 0 Å². The molecule has 1 N–H and O–H groups in total. The minimum atomic E-state index is -0.461. The predicted octanol–water partition coefficient (Wildman–Crippen LogP) is 4.41. The van der Waals surface area contributed by atoms with E-state index >= 15 is 0 Å². The number of nitrogens with one attached hydrogen (secondary N) is 1. The SMILES string of the molecule is C[C@@H]1[C@H](C)CCC[C@H]1NC(=O)COC(=O)c1cc2c(s1)-c1ccccc1OC2. The number of ether oxygens (including phenoxy) is 2. The van der Waals surface area contributed by atoms with Crippen LogP contribution in [0, 0.1) is 11.8 Å². The molecule has 4 rings (SSSR count). The molecule has 1 aromatic carbocycles. The first-order chi connectivity index (χ1) is 13.5. The molecule has 0 spiro atoms. The van der Waals surface area contributed by atoms with Crippen LogP contribution in [-0.4, -0.2) is 24.5 Å². The minimum absolute atomic E-state index is 0.164. The Kier molecular flexibility index (Phi) is 5.40. The van der Waals surface area contributed by atoms with E-state index < -0.39 is 5.97 Å². The molecule has 1 aliphatic heterocycles. The second-order valence-electron chi connectivity index (χ2n) is 7.77. The number of carbonyl (C=O) groups excluding carboxylic acids is 2. The van der Waals surface area contributed by atoms with Gasteiger partial charge in [0.25, 0.3) is 5.91 Å². The fourth-order valence-electron chi connectivity index (χ4n) is 4.04. The zero-order valence-corrected chi connectivity index (χ0v) is 17.0. The molecule has 1 aliphatic carbocycles. The van der Waals surface area contributed by atoms with Gasteiger partial charge in [0.1, 0.15) is 17.2 Å². The number of carbonyl (C=O) groups is 2. The van der Waals surface area contributed by atoms with Crippen LogP contribution in [-0.2, 0) is 16.1 Å². The average Bonchev–Trinajstić information content (AvgIpc) is 3.15. The molecule has 0 bridgehead atoms. The Balaban J connectivity index is 1.36. The van der Waals surface area contributed by atoms with E-state index in [0.717, 1.165) is 34.6 Å². The Morgan fingerprint density at radius 3 is 2.93 bits per heavy atom. The number of esters is 1. The van der Waals surface area contributed by atoms with Gasteiger partial charge in [-0.2, -0.15) is 0 Å². The maximum absolute atomic E-state index is 12.5. The van der Waals surface area contributed by atoms with Gasteiger partial charge in [-0.05, 0) is 36.5 Å². The van der Waals surface area contributed by atoms with Gasteiger partial charge in [-0.1, -0.05) is 38.8 Å². The quantitative estimate of drug-likeness (QED) is 0.774. The first-order valence-electron chi connectivity index (χ1n) is 9.84. The number of amides is 1. The average molecular weight is 400 g/mol. The Labute approximate surface area is 169 Å². The summed E-state index contributed by atoms with van der Waals surface area (Å²) in [5, 5.41) is 3.04. The normalized spacial score (nSPS) is 23.1. The van der Waals surface area contributed by atoms with Crippen LogP contribution in [0.4, 0.5) is 0 Å². The summed E-state index contributed by atoms with van der Waals surface area (Å²) in [6.07, 6.45) is 3.32. The Morgan fingerprint density at radius 1 is 1.25 bits per heavy atom. The molecule has 2 heterocycles. The smallest absolute Gasteiger partial charge is 0.348 e. The fraction of sp³-hybridized carbons (Fsp3) is 0.455. The molecule has 0 radical (unpaired) electrons. The van der Waals surface area contributed by atoms with Crippen molar-refractivity contribution in [3.05, 3.63) is 40.8 Å². The van der Waals surface area contributed by atoms with Gasteiger partial charge in [-0.3, -0.25) is 4.79 Å². The van der Waals surface area contributed by atoms with E-state index in [0.29, 0.717) is 23.3 Å². The molecule has 1 fully saturated rings. The summed E-state index contributed by atoms with van der Waals surface area (Å²) in [5.74, 6) is 1.18. The summed E-state index contributed by atoms with van der Waals surface area (Å²) in [6.45, 7) is 4.60. The predicted molar refractivity (Wildman–Crippen MR) is 108 cm³/mol. The second kappa shape index (κ2) is 7.95.